The number of allylic oxidation sites excluding steroid dienone is 2. The molecule has 6 aliphatic rings. The number of anilines is 1. The van der Waals surface area contributed by atoms with Gasteiger partial charge >= 0.3 is 0 Å². The fraction of sp³-hybridized carbons (Fsp3) is 0.704. The molecule has 8 rings (SSSR count). The minimum atomic E-state index is -0.754. The van der Waals surface area contributed by atoms with Crippen molar-refractivity contribution in [3.8, 4) is 5.75 Å². The first-order chi connectivity index (χ1) is 30.3. The number of nitrogen functional groups attached to an aromatic ring is 1. The number of benzene rings is 2. The van der Waals surface area contributed by atoms with Gasteiger partial charge < -0.3 is 41.5 Å². The van der Waals surface area contributed by atoms with Crippen molar-refractivity contribution in [2.45, 2.75) is 174 Å². The first-order valence-electron chi connectivity index (χ1n) is 24.8. The van der Waals surface area contributed by atoms with Crippen molar-refractivity contribution >= 4 is 17.3 Å². The maximum atomic E-state index is 15.0. The molecule has 64 heavy (non-hydrogen) atoms. The quantitative estimate of drug-likeness (QED) is 0.0644. The molecule has 1 saturated heterocycles. The standard InChI is InChI=1S/C54H79N3O7/c1-9-12-34(25-43(61)49-53(7,64-49)40-16-11-15-38(40)33-13-10-14-36(55)23-33)46-41-17-18-45-51(5)26-39(35-21-32(30-56-8)22-37(60)24-35)48(63)50(3,4)47(51)42(57-29-31(2)59)27-54(45,19-20-58)52(41,6)28-44(46)62/h10,13-14,21-24,31,34,38-40,42-43,45,47,49,56-61H,9,11-12,15-20,25-30,55H2,1-8H3. The second-order valence-corrected chi connectivity index (χ2v) is 22.7. The molecule has 14 unspecified atom stereocenters. The number of aliphatic hydroxyl groups excluding tert-OH is 3. The molecule has 5 aliphatic carbocycles. The molecule has 0 amide bonds. The summed E-state index contributed by atoms with van der Waals surface area (Å²) >= 11 is 0. The molecule has 1 heterocycles. The molecule has 10 heteroatoms. The highest BCUT2D eigenvalue weighted by Crippen LogP contribution is 2.76. The van der Waals surface area contributed by atoms with Crippen LogP contribution >= 0.6 is 0 Å². The number of ketones is 2. The average Bonchev–Trinajstić information content (AvgIpc) is 3.52. The van der Waals surface area contributed by atoms with E-state index in [0.29, 0.717) is 51.1 Å². The number of fused-ring (bicyclic) bond motifs is 5. The van der Waals surface area contributed by atoms with Crippen LogP contribution in [0.1, 0.15) is 154 Å². The van der Waals surface area contributed by atoms with Crippen LogP contribution in [0.5, 0.6) is 5.75 Å². The lowest BCUT2D eigenvalue weighted by Gasteiger charge is -2.71. The zero-order chi connectivity index (χ0) is 46.1. The van der Waals surface area contributed by atoms with Crippen LogP contribution in [0.3, 0.4) is 0 Å². The van der Waals surface area contributed by atoms with E-state index in [1.165, 1.54) is 11.1 Å². The minimum absolute atomic E-state index is 0.0229. The number of nitrogens with two attached hydrogens (primary N) is 1. The fourth-order valence-electron chi connectivity index (χ4n) is 16.3. The van der Waals surface area contributed by atoms with Crippen molar-refractivity contribution in [3.05, 3.63) is 70.3 Å². The molecular weight excluding hydrogens is 803 g/mol. The van der Waals surface area contributed by atoms with Crippen LogP contribution in [-0.4, -0.2) is 82.1 Å². The number of hydrogen-bond donors (Lipinski definition) is 7. The SMILES string of the molecule is CCCC(CC(O)C1OC1(C)C1CCCC1c1cccc(N)c1)C1=C2CCC3C4(C)CC(c5cc(O)cc(CNC)c5)C(=O)C(C)(C)C4C(NCC(C)O)CC3(CCO)C2(C)CC1=O. The van der Waals surface area contributed by atoms with Gasteiger partial charge in [0.2, 0.25) is 0 Å². The van der Waals surface area contributed by atoms with Crippen molar-refractivity contribution in [2.75, 3.05) is 25.9 Å². The van der Waals surface area contributed by atoms with Crippen LogP contribution in [-0.2, 0) is 20.9 Å². The summed E-state index contributed by atoms with van der Waals surface area (Å²) in [5.41, 5.74) is 9.48. The van der Waals surface area contributed by atoms with E-state index in [9.17, 15) is 25.2 Å². The number of phenols is 1. The second kappa shape index (κ2) is 17.5. The van der Waals surface area contributed by atoms with Gasteiger partial charge in [-0.15, -0.1) is 0 Å². The Morgan fingerprint density at radius 3 is 2.44 bits per heavy atom. The Bertz CT molecular complexity index is 2120. The smallest absolute Gasteiger partial charge is 0.160 e. The maximum Gasteiger partial charge on any atom is 0.160 e. The van der Waals surface area contributed by atoms with E-state index in [2.05, 4.69) is 70.4 Å². The van der Waals surface area contributed by atoms with Crippen LogP contribution in [0.15, 0.2) is 53.6 Å². The third-order valence-electron chi connectivity index (χ3n) is 18.5. The lowest BCUT2D eigenvalue weighted by Crippen LogP contribution is -2.70. The van der Waals surface area contributed by atoms with Gasteiger partial charge in [-0.25, -0.2) is 0 Å². The molecule has 8 N–H and O–H groups in total. The minimum Gasteiger partial charge on any atom is -0.508 e. The van der Waals surface area contributed by atoms with E-state index in [-0.39, 0.29) is 59.7 Å². The maximum absolute atomic E-state index is 15.0. The van der Waals surface area contributed by atoms with Gasteiger partial charge in [-0.1, -0.05) is 71.2 Å². The van der Waals surface area contributed by atoms with Gasteiger partial charge in [0.25, 0.3) is 0 Å². The molecule has 2 aromatic carbocycles. The summed E-state index contributed by atoms with van der Waals surface area (Å²) in [6.07, 6.45) is 7.51. The van der Waals surface area contributed by atoms with E-state index in [4.69, 9.17) is 10.5 Å². The Morgan fingerprint density at radius 1 is 0.984 bits per heavy atom. The number of Topliss-reactive ketones (excluding diaryl/α,β-unsaturated/α-hetero) is 2. The number of epoxide rings is 1. The zero-order valence-corrected chi connectivity index (χ0v) is 40.0. The fourth-order valence-corrected chi connectivity index (χ4v) is 16.3. The molecule has 10 nitrogen and oxygen atoms in total. The highest BCUT2D eigenvalue weighted by atomic mass is 16.6. The number of carbonyl (C=O) groups excluding carboxylic acids is 2. The molecule has 352 valence electrons. The van der Waals surface area contributed by atoms with Gasteiger partial charge in [-0.2, -0.15) is 0 Å². The number of nitrogens with one attached hydrogen (secondary N) is 2. The van der Waals surface area contributed by atoms with Crippen LogP contribution in [0, 0.1) is 45.3 Å². The molecule has 2 aromatic rings. The second-order valence-electron chi connectivity index (χ2n) is 22.7. The summed E-state index contributed by atoms with van der Waals surface area (Å²) in [4.78, 5) is 30.0. The summed E-state index contributed by atoms with van der Waals surface area (Å²) in [5.74, 6) is 0.550. The molecule has 1 aliphatic heterocycles. The number of rotatable bonds is 16. The largest absolute Gasteiger partial charge is 0.508 e. The first kappa shape index (κ1) is 47.4. The van der Waals surface area contributed by atoms with E-state index >= 15 is 4.79 Å². The van der Waals surface area contributed by atoms with Gasteiger partial charge in [0.1, 0.15) is 17.6 Å². The Kier molecular flexibility index (Phi) is 13.0. The summed E-state index contributed by atoms with van der Waals surface area (Å²) in [6, 6.07) is 13.6. The van der Waals surface area contributed by atoms with Crippen molar-refractivity contribution in [3.63, 3.8) is 0 Å². The Hall–Kier alpha value is -3.12. The third-order valence-corrected chi connectivity index (χ3v) is 18.5. The van der Waals surface area contributed by atoms with Crippen LogP contribution in [0.2, 0.25) is 0 Å². The highest BCUT2D eigenvalue weighted by Gasteiger charge is 2.72. The molecule has 5 fully saturated rings. The monoisotopic (exact) mass is 882 g/mol. The van der Waals surface area contributed by atoms with Crippen molar-refractivity contribution in [1.82, 2.24) is 10.6 Å². The molecule has 0 radical (unpaired) electrons. The number of phenolic OH excluding ortho intramolecular Hbond substituents is 1. The van der Waals surface area contributed by atoms with Gasteiger partial charge in [-0.3, -0.25) is 9.59 Å². The normalized spacial score (nSPS) is 38.1. The van der Waals surface area contributed by atoms with Crippen LogP contribution < -0.4 is 16.4 Å². The lowest BCUT2D eigenvalue weighted by molar-refractivity contribution is -0.203. The molecular formula is C54H79N3O7. The first-order valence-corrected chi connectivity index (χ1v) is 24.8. The summed E-state index contributed by atoms with van der Waals surface area (Å²) in [6.45, 7) is 15.9. The van der Waals surface area contributed by atoms with Gasteiger partial charge in [-0.05, 0) is 166 Å². The third kappa shape index (κ3) is 7.72. The predicted molar refractivity (Wildman–Crippen MR) is 252 cm³/mol. The number of aromatic hydroxyl groups is 1. The van der Waals surface area contributed by atoms with Crippen molar-refractivity contribution < 1.29 is 34.8 Å². The highest BCUT2D eigenvalue weighted by molar-refractivity contribution is 6.01. The number of hydrogen-bond acceptors (Lipinski definition) is 10. The van der Waals surface area contributed by atoms with Gasteiger partial charge in [0.15, 0.2) is 5.78 Å². The topological polar surface area (TPSA) is 178 Å². The zero-order valence-electron chi connectivity index (χ0n) is 40.0. The van der Waals surface area contributed by atoms with Crippen molar-refractivity contribution in [2.24, 2.45) is 45.3 Å². The van der Waals surface area contributed by atoms with Gasteiger partial charge in [0, 0.05) is 54.6 Å². The van der Waals surface area contributed by atoms with Crippen molar-refractivity contribution in [1.29, 1.82) is 0 Å². The summed E-state index contributed by atoms with van der Waals surface area (Å²) < 4.78 is 6.57. The lowest BCUT2D eigenvalue weighted by atomic mass is 9.33. The number of carbonyl (C=O) groups is 2. The Labute approximate surface area is 382 Å². The number of ether oxygens (including phenoxy) is 1. The van der Waals surface area contributed by atoms with E-state index in [1.54, 1.807) is 19.1 Å². The number of aliphatic hydroxyl groups is 3. The molecule has 0 bridgehead atoms. The molecule has 0 spiro atoms. The Balaban J connectivity index is 1.15. The molecule has 0 aromatic heterocycles. The predicted octanol–water partition coefficient (Wildman–Crippen LogP) is 8.10. The van der Waals surface area contributed by atoms with E-state index < -0.39 is 45.4 Å². The molecule has 4 saturated carbocycles. The average molecular weight is 882 g/mol. The van der Waals surface area contributed by atoms with Crippen LogP contribution in [0.25, 0.3) is 0 Å². The summed E-state index contributed by atoms with van der Waals surface area (Å²) in [5, 5.41) is 52.0. The Morgan fingerprint density at radius 2 is 1.75 bits per heavy atom. The molecule has 14 atom stereocenters. The van der Waals surface area contributed by atoms with Crippen LogP contribution in [0.4, 0.5) is 5.69 Å². The van der Waals surface area contributed by atoms with Gasteiger partial charge in [0.05, 0.1) is 17.8 Å². The van der Waals surface area contributed by atoms with E-state index in [0.717, 1.165) is 67.3 Å². The summed E-state index contributed by atoms with van der Waals surface area (Å²) in [7, 11) is 1.87. The van der Waals surface area contributed by atoms with E-state index in [1.807, 2.05) is 19.2 Å².